The Bertz CT molecular complexity index is 73.7. The molecule has 0 bridgehead atoms. The first-order valence-corrected chi connectivity index (χ1v) is 7.25. The van der Waals surface area contributed by atoms with Gasteiger partial charge in [0.2, 0.25) is 0 Å². The van der Waals surface area contributed by atoms with E-state index in [1.54, 1.807) is 0 Å². The molecule has 0 fully saturated rings. The molecule has 6 nitrogen and oxygen atoms in total. The number of hydrogen-bond acceptors (Lipinski definition) is 6. The van der Waals surface area contributed by atoms with Gasteiger partial charge >= 0.3 is 118 Å². The minimum atomic E-state index is -4.29. The molecule has 0 aromatic rings. The second kappa shape index (κ2) is 17.9. The monoisotopic (exact) mass is 422 g/mol. The van der Waals surface area contributed by atoms with E-state index in [1.165, 1.54) is 0 Å². The maximum absolute atomic E-state index is 8.61. The van der Waals surface area contributed by atoms with Crippen LogP contribution in [0.15, 0.2) is 0 Å². The molecule has 0 rings (SSSR count). The van der Waals surface area contributed by atoms with Crippen LogP contribution >= 0.6 is 0 Å². The molecule has 0 spiro atoms. The molecule has 0 N–H and O–H groups in total. The third kappa shape index (κ3) is 122. The molecule has 0 aromatic heterocycles. The summed E-state index contributed by atoms with van der Waals surface area (Å²) in [7, 11) is 0. The van der Waals surface area contributed by atoms with E-state index in [2.05, 4.69) is 0 Å². The van der Waals surface area contributed by atoms with Crippen molar-refractivity contribution in [3.05, 3.63) is 0 Å². The molecule has 10 heavy (non-hydrogen) atoms. The standard InChI is InChI=1S/La.Li.6O.2Zr/q+3;+1;;;4*-1;;. The van der Waals surface area contributed by atoms with Gasteiger partial charge in [0.05, 0.1) is 0 Å². The second-order valence-corrected chi connectivity index (χ2v) is 2.96. The molecule has 0 unspecified atom stereocenters. The third-order valence-electron chi connectivity index (χ3n) is 0. The Morgan fingerprint density at radius 2 is 0.800 bits per heavy atom. The van der Waals surface area contributed by atoms with Crippen molar-refractivity contribution in [3.63, 3.8) is 0 Å². The van der Waals surface area contributed by atoms with E-state index in [1.807, 2.05) is 0 Å². The van der Waals surface area contributed by atoms with Crippen LogP contribution in [0.4, 0.5) is 0 Å². The Hall–Kier alpha value is 3.00. The first kappa shape index (κ1) is 23.1. The van der Waals surface area contributed by atoms with Gasteiger partial charge in [0.25, 0.3) is 0 Å². The summed E-state index contributed by atoms with van der Waals surface area (Å²) in [6, 6.07) is 0. The van der Waals surface area contributed by atoms with Gasteiger partial charge in [0.1, 0.15) is 0 Å². The van der Waals surface area contributed by atoms with Crippen molar-refractivity contribution < 1.29 is 118 Å². The van der Waals surface area contributed by atoms with Crippen LogP contribution in [-0.2, 0) is 50.9 Å². The minimum absolute atomic E-state index is 0. The van der Waals surface area contributed by atoms with E-state index in [0.717, 1.165) is 0 Å². The first-order chi connectivity index (χ1) is 3.46. The molecule has 0 aliphatic rings. The van der Waals surface area contributed by atoms with Crippen LogP contribution in [0.5, 0.6) is 0 Å². The summed E-state index contributed by atoms with van der Waals surface area (Å²) < 4.78 is 51.7. The number of rotatable bonds is 0. The summed E-state index contributed by atoms with van der Waals surface area (Å²) >= 11 is -8.59. The summed E-state index contributed by atoms with van der Waals surface area (Å²) in [6.45, 7) is 0. The molecule has 0 atom stereocenters. The number of hydrogen-bond donors (Lipinski definition) is 0. The van der Waals surface area contributed by atoms with Crippen LogP contribution < -0.4 is 31.6 Å². The zero-order valence-electron chi connectivity index (χ0n) is 5.03. The Balaban J connectivity index is -0.0000000300. The van der Waals surface area contributed by atoms with Gasteiger partial charge in [-0.15, -0.1) is 0 Å². The van der Waals surface area contributed by atoms with Gasteiger partial charge in [-0.1, -0.05) is 0 Å². The average Bonchev–Trinajstić information content (AvgIpc) is 1.25. The van der Waals surface area contributed by atoms with E-state index in [9.17, 15) is 0 Å². The van der Waals surface area contributed by atoms with Gasteiger partial charge in [-0.25, -0.2) is 0 Å². The van der Waals surface area contributed by atoms with Gasteiger partial charge in [0.15, 0.2) is 0 Å². The Morgan fingerprint density at radius 1 is 0.800 bits per heavy atom. The molecular formula is LaLiO6Zr2. The van der Waals surface area contributed by atoms with E-state index >= 15 is 0 Å². The molecule has 0 aliphatic heterocycles. The molecule has 0 radical (unpaired) electrons. The molecule has 0 aliphatic carbocycles. The average molecular weight is 424 g/mol. The zero-order chi connectivity index (χ0) is 7.15. The normalized spacial score (nSPS) is 5.20. The first-order valence-electron chi connectivity index (χ1n) is 1.22. The van der Waals surface area contributed by atoms with Crippen molar-refractivity contribution in [1.29, 1.82) is 0 Å². The molecule has 10 heteroatoms. The van der Waals surface area contributed by atoms with Gasteiger partial charge in [0, 0.05) is 0 Å². The summed E-state index contributed by atoms with van der Waals surface area (Å²) in [5.74, 6) is 0. The molecule has 0 heterocycles. The molecule has 0 saturated carbocycles. The maximum atomic E-state index is 8.61. The van der Waals surface area contributed by atoms with Gasteiger partial charge in [-0.2, -0.15) is 0 Å². The second-order valence-electron chi connectivity index (χ2n) is 0.500. The van der Waals surface area contributed by atoms with Crippen LogP contribution in [-0.4, -0.2) is 0 Å². The summed E-state index contributed by atoms with van der Waals surface area (Å²) in [6.07, 6.45) is 0. The summed E-state index contributed by atoms with van der Waals surface area (Å²) in [5, 5.41) is 0. The van der Waals surface area contributed by atoms with Crippen LogP contribution in [0.25, 0.3) is 0 Å². The predicted molar refractivity (Wildman–Crippen MR) is 1.37 cm³/mol. The topological polar surface area (TPSA) is 126 Å². The molecule has 0 amide bonds. The van der Waals surface area contributed by atoms with Crippen LogP contribution in [0, 0.1) is 35.6 Å². The van der Waals surface area contributed by atoms with Crippen LogP contribution in [0.2, 0.25) is 0 Å². The van der Waals surface area contributed by atoms with Crippen molar-refractivity contribution in [2.75, 3.05) is 0 Å². The van der Waals surface area contributed by atoms with E-state index < -0.39 is 45.3 Å². The molecule has 0 saturated heterocycles. The quantitative estimate of drug-likeness (QED) is 0.356. The van der Waals surface area contributed by atoms with Crippen molar-refractivity contribution in [1.82, 2.24) is 0 Å². The van der Waals surface area contributed by atoms with Gasteiger partial charge in [-0.3, -0.25) is 0 Å². The van der Waals surface area contributed by atoms with E-state index in [-0.39, 0.29) is 54.5 Å². The van der Waals surface area contributed by atoms with Gasteiger partial charge in [-0.05, 0) is 0 Å². The summed E-state index contributed by atoms with van der Waals surface area (Å²) in [5.41, 5.74) is 0. The van der Waals surface area contributed by atoms with Gasteiger partial charge < -0.3 is 0 Å². The van der Waals surface area contributed by atoms with Crippen molar-refractivity contribution >= 4 is 0 Å². The summed E-state index contributed by atoms with van der Waals surface area (Å²) in [4.78, 5) is 0. The Morgan fingerprint density at radius 3 is 0.800 bits per heavy atom. The van der Waals surface area contributed by atoms with Crippen LogP contribution in [0.1, 0.15) is 0 Å². The Labute approximate surface area is 116 Å². The molecular weight excluding hydrogens is 424 g/mol. The van der Waals surface area contributed by atoms with Crippen molar-refractivity contribution in [2.24, 2.45) is 0 Å². The van der Waals surface area contributed by atoms with Crippen molar-refractivity contribution in [2.45, 2.75) is 0 Å². The zero-order valence-corrected chi connectivity index (χ0v) is 13.6. The van der Waals surface area contributed by atoms with E-state index in [0.29, 0.717) is 0 Å². The fourth-order valence-electron chi connectivity index (χ4n) is 0. The molecule has 0 aromatic carbocycles. The molecule has 48 valence electrons. The fraction of sp³-hybridized carbons (Fsp3) is 0. The van der Waals surface area contributed by atoms with Crippen LogP contribution in [0.3, 0.4) is 0 Å². The van der Waals surface area contributed by atoms with E-state index in [4.69, 9.17) is 18.4 Å². The van der Waals surface area contributed by atoms with Crippen molar-refractivity contribution in [3.8, 4) is 0 Å². The Kier molecular flexibility index (Phi) is 41.4. The third-order valence-corrected chi connectivity index (χ3v) is 0. The predicted octanol–water partition coefficient (Wildman–Crippen LogP) is -7.99. The fourth-order valence-corrected chi connectivity index (χ4v) is 0. The SMILES string of the molecule is [La+3].[Li+].[O]=[Zr]([O-])[O-].[O]=[Zr]([O-])[O-].